The number of nitrogens with zero attached hydrogens (tertiary/aromatic N) is 1. The van der Waals surface area contributed by atoms with Crippen LogP contribution in [-0.2, 0) is 4.79 Å². The summed E-state index contributed by atoms with van der Waals surface area (Å²) in [6.45, 7) is -0.474. The predicted octanol–water partition coefficient (Wildman–Crippen LogP) is 3.86. The van der Waals surface area contributed by atoms with Crippen molar-refractivity contribution >= 4 is 32.9 Å². The molecule has 1 aromatic heterocycles. The molecule has 0 saturated carbocycles. The number of benzene rings is 2. The topological polar surface area (TPSA) is 72.6 Å². The summed E-state index contributed by atoms with van der Waals surface area (Å²) in [6.07, 6.45) is 0. The third-order valence-corrected chi connectivity index (χ3v) is 3.62. The Balaban J connectivity index is 2.07. The second-order valence-electron chi connectivity index (χ2n) is 4.47. The highest BCUT2D eigenvalue weighted by atomic mass is 79.9. The van der Waals surface area contributed by atoms with Crippen LogP contribution in [0.2, 0.25) is 0 Å². The number of fused-ring (bicyclic) bond motifs is 1. The molecule has 0 fully saturated rings. The van der Waals surface area contributed by atoms with Crippen molar-refractivity contribution in [3.63, 3.8) is 0 Å². The lowest BCUT2D eigenvalue weighted by Gasteiger charge is -2.05. The maximum Gasteiger partial charge on any atom is 0.341 e. The fourth-order valence-electron chi connectivity index (χ4n) is 2.04. The van der Waals surface area contributed by atoms with Gasteiger partial charge >= 0.3 is 5.97 Å². The summed E-state index contributed by atoms with van der Waals surface area (Å²) in [5.41, 5.74) is 1.08. The summed E-state index contributed by atoms with van der Waals surface area (Å²) in [7, 11) is 0. The van der Waals surface area contributed by atoms with Gasteiger partial charge in [0.15, 0.2) is 12.2 Å². The zero-order valence-corrected chi connectivity index (χ0v) is 12.6. The molecule has 7 heteroatoms. The lowest BCUT2D eigenvalue weighted by Crippen LogP contribution is -2.09. The Morgan fingerprint density at radius 1 is 1.36 bits per heavy atom. The second-order valence-corrected chi connectivity index (χ2v) is 5.33. The van der Waals surface area contributed by atoms with E-state index in [-0.39, 0.29) is 0 Å². The molecule has 0 spiro atoms. The van der Waals surface area contributed by atoms with Gasteiger partial charge in [0.2, 0.25) is 0 Å². The van der Waals surface area contributed by atoms with Crippen molar-refractivity contribution in [2.75, 3.05) is 6.61 Å². The van der Waals surface area contributed by atoms with Gasteiger partial charge in [-0.05, 0) is 34.1 Å². The van der Waals surface area contributed by atoms with Crippen LogP contribution in [0.15, 0.2) is 45.4 Å². The number of rotatable bonds is 4. The number of aromatic nitrogens is 1. The van der Waals surface area contributed by atoms with Crippen LogP contribution in [0, 0.1) is 5.82 Å². The van der Waals surface area contributed by atoms with Gasteiger partial charge < -0.3 is 14.4 Å². The quantitative estimate of drug-likeness (QED) is 0.759. The zero-order chi connectivity index (χ0) is 15.7. The summed E-state index contributed by atoms with van der Waals surface area (Å²) >= 11 is 3.30. The van der Waals surface area contributed by atoms with Gasteiger partial charge in [-0.1, -0.05) is 17.3 Å². The first kappa shape index (κ1) is 14.5. The van der Waals surface area contributed by atoms with Crippen LogP contribution < -0.4 is 4.74 Å². The minimum atomic E-state index is -1.09. The number of aliphatic carboxylic acids is 1. The molecule has 0 aliphatic rings. The van der Waals surface area contributed by atoms with Gasteiger partial charge in [-0.2, -0.15) is 0 Å². The molecule has 1 heterocycles. The van der Waals surface area contributed by atoms with Crippen LogP contribution in [0.5, 0.6) is 5.75 Å². The van der Waals surface area contributed by atoms with E-state index in [9.17, 15) is 9.18 Å². The molecule has 2 aromatic carbocycles. The van der Waals surface area contributed by atoms with Gasteiger partial charge in [0.25, 0.3) is 0 Å². The van der Waals surface area contributed by atoms with Gasteiger partial charge in [0, 0.05) is 11.6 Å². The molecule has 3 rings (SSSR count). The first-order valence-electron chi connectivity index (χ1n) is 6.24. The number of ether oxygens (including phenoxy) is 1. The van der Waals surface area contributed by atoms with Gasteiger partial charge in [0.1, 0.15) is 17.3 Å². The summed E-state index contributed by atoms with van der Waals surface area (Å²) in [5.74, 6) is -1.18. The van der Waals surface area contributed by atoms with Gasteiger partial charge in [-0.25, -0.2) is 9.18 Å². The zero-order valence-electron chi connectivity index (χ0n) is 11.0. The third kappa shape index (κ3) is 2.67. The normalized spacial score (nSPS) is 10.8. The van der Waals surface area contributed by atoms with Crippen molar-refractivity contribution < 1.29 is 23.6 Å². The number of halogens is 2. The van der Waals surface area contributed by atoms with Crippen LogP contribution in [0.3, 0.4) is 0 Å². The standard InChI is InChI=1S/C15H9BrFNO4/c16-10-5-9-12(6-13(10)21-7-14(19)20)22-18-15(9)8-3-1-2-4-11(8)17/h1-6H,7H2,(H,19,20). The number of carboxylic acid groups (broad SMARTS) is 1. The maximum absolute atomic E-state index is 13.9. The van der Waals surface area contributed by atoms with Crippen molar-refractivity contribution in [3.8, 4) is 17.0 Å². The van der Waals surface area contributed by atoms with E-state index in [1.807, 2.05) is 0 Å². The van der Waals surface area contributed by atoms with Crippen LogP contribution in [-0.4, -0.2) is 22.8 Å². The van der Waals surface area contributed by atoms with Crippen molar-refractivity contribution in [1.29, 1.82) is 0 Å². The molecule has 0 unspecified atom stereocenters. The van der Waals surface area contributed by atoms with Gasteiger partial charge in [0.05, 0.1) is 9.86 Å². The predicted molar refractivity (Wildman–Crippen MR) is 80.2 cm³/mol. The fourth-order valence-corrected chi connectivity index (χ4v) is 2.49. The minimum absolute atomic E-state index is 0.311. The van der Waals surface area contributed by atoms with Gasteiger partial charge in [-0.15, -0.1) is 0 Å². The molecule has 0 saturated heterocycles. The van der Waals surface area contributed by atoms with Crippen molar-refractivity contribution in [2.24, 2.45) is 0 Å². The first-order valence-corrected chi connectivity index (χ1v) is 7.04. The molecule has 0 atom stereocenters. The molecule has 0 bridgehead atoms. The number of carboxylic acids is 1. The lowest BCUT2D eigenvalue weighted by molar-refractivity contribution is -0.139. The molecule has 1 N–H and O–H groups in total. The average Bonchev–Trinajstić information content (AvgIpc) is 2.88. The van der Waals surface area contributed by atoms with E-state index in [0.29, 0.717) is 32.4 Å². The Morgan fingerprint density at radius 3 is 2.86 bits per heavy atom. The first-order chi connectivity index (χ1) is 10.6. The molecule has 0 amide bonds. The second kappa shape index (κ2) is 5.76. The average molecular weight is 366 g/mol. The Labute approximate surface area is 132 Å². The van der Waals surface area contributed by atoms with Crippen molar-refractivity contribution in [1.82, 2.24) is 5.16 Å². The minimum Gasteiger partial charge on any atom is -0.481 e. The molecule has 112 valence electrons. The van der Waals surface area contributed by atoms with E-state index in [4.69, 9.17) is 14.4 Å². The molecular formula is C15H9BrFNO4. The monoisotopic (exact) mass is 365 g/mol. The highest BCUT2D eigenvalue weighted by Crippen LogP contribution is 2.36. The summed E-state index contributed by atoms with van der Waals surface area (Å²) < 4.78 is 24.7. The summed E-state index contributed by atoms with van der Waals surface area (Å²) in [4.78, 5) is 10.6. The Hall–Kier alpha value is -2.41. The van der Waals surface area contributed by atoms with E-state index in [2.05, 4.69) is 21.1 Å². The third-order valence-electron chi connectivity index (χ3n) is 3.00. The smallest absolute Gasteiger partial charge is 0.341 e. The Morgan fingerprint density at radius 2 is 2.14 bits per heavy atom. The van der Waals surface area contributed by atoms with Crippen LogP contribution >= 0.6 is 15.9 Å². The van der Waals surface area contributed by atoms with Crippen LogP contribution in [0.25, 0.3) is 22.2 Å². The molecule has 0 aliphatic heterocycles. The Bertz CT molecular complexity index is 862. The number of carbonyl (C=O) groups is 1. The van der Waals surface area contributed by atoms with Crippen molar-refractivity contribution in [2.45, 2.75) is 0 Å². The molecule has 5 nitrogen and oxygen atoms in total. The van der Waals surface area contributed by atoms with E-state index in [1.165, 1.54) is 12.1 Å². The Kier molecular flexibility index (Phi) is 3.81. The highest BCUT2D eigenvalue weighted by Gasteiger charge is 2.16. The van der Waals surface area contributed by atoms with E-state index in [0.717, 1.165) is 0 Å². The molecule has 22 heavy (non-hydrogen) atoms. The maximum atomic E-state index is 13.9. The molecular weight excluding hydrogens is 357 g/mol. The number of hydrogen-bond donors (Lipinski definition) is 1. The van der Waals surface area contributed by atoms with E-state index >= 15 is 0 Å². The fraction of sp³-hybridized carbons (Fsp3) is 0.0667. The number of hydrogen-bond acceptors (Lipinski definition) is 4. The summed E-state index contributed by atoms with van der Waals surface area (Å²) in [6, 6.07) is 9.42. The molecule has 3 aromatic rings. The van der Waals surface area contributed by atoms with E-state index < -0.39 is 18.4 Å². The SMILES string of the molecule is O=C(O)COc1cc2onc(-c3ccccc3F)c2cc1Br. The van der Waals surface area contributed by atoms with Crippen LogP contribution in [0.1, 0.15) is 0 Å². The lowest BCUT2D eigenvalue weighted by atomic mass is 10.1. The van der Waals surface area contributed by atoms with E-state index in [1.54, 1.807) is 24.3 Å². The molecule has 0 aliphatic carbocycles. The summed E-state index contributed by atoms with van der Waals surface area (Å²) in [5, 5.41) is 13.1. The molecule has 0 radical (unpaired) electrons. The van der Waals surface area contributed by atoms with Crippen LogP contribution in [0.4, 0.5) is 4.39 Å². The van der Waals surface area contributed by atoms with Gasteiger partial charge in [-0.3, -0.25) is 0 Å². The van der Waals surface area contributed by atoms with Crippen molar-refractivity contribution in [3.05, 3.63) is 46.7 Å². The largest absolute Gasteiger partial charge is 0.481 e. The highest BCUT2D eigenvalue weighted by molar-refractivity contribution is 9.10.